The van der Waals surface area contributed by atoms with Gasteiger partial charge in [-0.25, -0.2) is 0 Å². The summed E-state index contributed by atoms with van der Waals surface area (Å²) in [4.78, 5) is 10.9. The molecule has 4 rings (SSSR count). The first-order valence-electron chi connectivity index (χ1n) is 10.2. The Bertz CT molecular complexity index is 1090. The van der Waals surface area contributed by atoms with Gasteiger partial charge in [-0.1, -0.05) is 24.3 Å². The summed E-state index contributed by atoms with van der Waals surface area (Å²) < 4.78 is 1.81. The summed E-state index contributed by atoms with van der Waals surface area (Å²) in [7, 11) is 1.92. The van der Waals surface area contributed by atoms with Gasteiger partial charge in [-0.2, -0.15) is 5.10 Å². The standard InChI is InChI=1S/C24H27N5O/c1-16(25)24-21-7-6-18(19-14-27-29(2)15-19)13-22(21)23(8-10-26-24)28-20-5-3-4-17(12-20)9-11-30/h3-7,11-15,23,26,28H,8-10,25H2,1-2H3/b24-16-. The topological polar surface area (TPSA) is 85.0 Å². The lowest BCUT2D eigenvalue weighted by Gasteiger charge is -2.21. The maximum atomic E-state index is 10.9. The maximum Gasteiger partial charge on any atom is 0.124 e. The van der Waals surface area contributed by atoms with Gasteiger partial charge in [0.15, 0.2) is 0 Å². The van der Waals surface area contributed by atoms with Gasteiger partial charge in [0.25, 0.3) is 0 Å². The van der Waals surface area contributed by atoms with E-state index in [-0.39, 0.29) is 6.04 Å². The minimum absolute atomic E-state index is 0.104. The van der Waals surface area contributed by atoms with Crippen molar-refractivity contribution in [1.82, 2.24) is 15.1 Å². The second-order valence-corrected chi connectivity index (χ2v) is 7.75. The van der Waals surface area contributed by atoms with Crippen molar-refractivity contribution < 1.29 is 4.79 Å². The van der Waals surface area contributed by atoms with Gasteiger partial charge in [-0.05, 0) is 48.2 Å². The van der Waals surface area contributed by atoms with Crippen LogP contribution in [0, 0.1) is 0 Å². The highest BCUT2D eigenvalue weighted by molar-refractivity contribution is 5.75. The van der Waals surface area contributed by atoms with Crippen LogP contribution in [-0.4, -0.2) is 22.6 Å². The average Bonchev–Trinajstić information content (AvgIpc) is 3.08. The Morgan fingerprint density at radius 2 is 2.17 bits per heavy atom. The van der Waals surface area contributed by atoms with E-state index in [1.807, 2.05) is 55.3 Å². The highest BCUT2D eigenvalue weighted by Gasteiger charge is 2.23. The summed E-state index contributed by atoms with van der Waals surface area (Å²) in [6.07, 6.45) is 6.16. The molecule has 154 valence electrons. The molecule has 1 aliphatic heterocycles. The second-order valence-electron chi connectivity index (χ2n) is 7.75. The SMILES string of the molecule is C/C(N)=C1/NCCC(Nc2cccc(CC=O)c2)c2cc(-c3cnn(C)c3)ccc21. The number of carbonyl (C=O) groups is 1. The van der Waals surface area contributed by atoms with Crippen LogP contribution in [0.15, 0.2) is 60.6 Å². The van der Waals surface area contributed by atoms with Crippen LogP contribution in [-0.2, 0) is 18.3 Å². The predicted octanol–water partition coefficient (Wildman–Crippen LogP) is 3.62. The molecule has 0 aliphatic carbocycles. The van der Waals surface area contributed by atoms with Crippen molar-refractivity contribution in [2.45, 2.75) is 25.8 Å². The number of aldehydes is 1. The highest BCUT2D eigenvalue weighted by Crippen LogP contribution is 2.35. The summed E-state index contributed by atoms with van der Waals surface area (Å²) >= 11 is 0. The first-order chi connectivity index (χ1) is 14.5. The van der Waals surface area contributed by atoms with Crippen molar-refractivity contribution in [2.24, 2.45) is 12.8 Å². The van der Waals surface area contributed by atoms with Crippen molar-refractivity contribution in [3.8, 4) is 11.1 Å². The number of aromatic nitrogens is 2. The van der Waals surface area contributed by atoms with Crippen molar-refractivity contribution in [3.05, 3.63) is 77.2 Å². The number of nitrogens with one attached hydrogen (secondary N) is 2. The third-order valence-corrected chi connectivity index (χ3v) is 5.45. The monoisotopic (exact) mass is 401 g/mol. The zero-order valence-electron chi connectivity index (χ0n) is 17.4. The Balaban J connectivity index is 1.76. The fourth-order valence-electron chi connectivity index (χ4n) is 4.01. The number of allylic oxidation sites excluding steroid dienone is 1. The molecule has 1 aliphatic rings. The Hall–Kier alpha value is -3.54. The van der Waals surface area contributed by atoms with Gasteiger partial charge >= 0.3 is 0 Å². The zero-order chi connectivity index (χ0) is 21.1. The highest BCUT2D eigenvalue weighted by atomic mass is 16.1. The van der Waals surface area contributed by atoms with Gasteiger partial charge < -0.3 is 21.2 Å². The molecule has 1 atom stereocenters. The molecule has 1 unspecified atom stereocenters. The molecule has 0 radical (unpaired) electrons. The van der Waals surface area contributed by atoms with E-state index in [0.717, 1.165) is 58.6 Å². The number of hydrogen-bond donors (Lipinski definition) is 3. The molecule has 0 fully saturated rings. The number of fused-ring (bicyclic) bond motifs is 1. The van der Waals surface area contributed by atoms with Crippen LogP contribution in [0.4, 0.5) is 5.69 Å². The molecule has 6 heteroatoms. The quantitative estimate of drug-likeness (QED) is 0.569. The van der Waals surface area contributed by atoms with Crippen LogP contribution < -0.4 is 16.4 Å². The number of hydrogen-bond acceptors (Lipinski definition) is 5. The van der Waals surface area contributed by atoms with E-state index in [1.165, 1.54) is 5.56 Å². The van der Waals surface area contributed by atoms with Gasteiger partial charge in [0.05, 0.1) is 17.9 Å². The number of nitrogens with two attached hydrogens (primary N) is 1. The molecule has 0 amide bonds. The fraction of sp³-hybridized carbons (Fsp3) is 0.250. The summed E-state index contributed by atoms with van der Waals surface area (Å²) in [5.74, 6) is 0. The summed E-state index contributed by atoms with van der Waals surface area (Å²) in [6, 6.07) is 14.6. The van der Waals surface area contributed by atoms with Crippen LogP contribution in [0.1, 0.15) is 36.1 Å². The molecular weight excluding hydrogens is 374 g/mol. The molecule has 0 saturated carbocycles. The van der Waals surface area contributed by atoms with Crippen LogP contribution in [0.5, 0.6) is 0 Å². The minimum Gasteiger partial charge on any atom is -0.401 e. The first kappa shape index (κ1) is 19.8. The van der Waals surface area contributed by atoms with Gasteiger partial charge in [0.1, 0.15) is 6.29 Å². The fourth-order valence-corrected chi connectivity index (χ4v) is 4.01. The maximum absolute atomic E-state index is 10.9. The molecule has 0 saturated heterocycles. The molecule has 1 aromatic heterocycles. The van der Waals surface area contributed by atoms with E-state index in [4.69, 9.17) is 5.73 Å². The number of rotatable bonds is 5. The predicted molar refractivity (Wildman–Crippen MR) is 121 cm³/mol. The molecular formula is C24H27N5O. The van der Waals surface area contributed by atoms with Gasteiger partial charge in [-0.3, -0.25) is 4.68 Å². The van der Waals surface area contributed by atoms with Crippen LogP contribution in [0.25, 0.3) is 16.8 Å². The Morgan fingerprint density at radius 3 is 2.90 bits per heavy atom. The van der Waals surface area contributed by atoms with Crippen molar-refractivity contribution in [2.75, 3.05) is 11.9 Å². The Labute approximate surface area is 176 Å². The van der Waals surface area contributed by atoms with Crippen LogP contribution in [0.3, 0.4) is 0 Å². The third kappa shape index (κ3) is 4.08. The second kappa shape index (κ2) is 8.45. The van der Waals surface area contributed by atoms with Gasteiger partial charge in [0, 0.05) is 48.7 Å². The zero-order valence-corrected chi connectivity index (χ0v) is 17.4. The summed E-state index contributed by atoms with van der Waals surface area (Å²) in [5, 5.41) is 11.5. The third-order valence-electron chi connectivity index (χ3n) is 5.45. The average molecular weight is 402 g/mol. The smallest absolute Gasteiger partial charge is 0.124 e. The van der Waals surface area contributed by atoms with Crippen molar-refractivity contribution in [1.29, 1.82) is 0 Å². The summed E-state index contributed by atoms with van der Waals surface area (Å²) in [5.41, 5.74) is 14.5. The first-order valence-corrected chi connectivity index (χ1v) is 10.2. The minimum atomic E-state index is 0.104. The Morgan fingerprint density at radius 1 is 1.30 bits per heavy atom. The lowest BCUT2D eigenvalue weighted by Crippen LogP contribution is -2.16. The number of nitrogens with zero attached hydrogens (tertiary/aromatic N) is 2. The number of aryl methyl sites for hydroxylation is 1. The van der Waals surface area contributed by atoms with Crippen molar-refractivity contribution >= 4 is 17.7 Å². The van der Waals surface area contributed by atoms with E-state index in [2.05, 4.69) is 33.9 Å². The van der Waals surface area contributed by atoms with Gasteiger partial charge in [0.2, 0.25) is 0 Å². The summed E-state index contributed by atoms with van der Waals surface area (Å²) in [6.45, 7) is 2.74. The molecule has 6 nitrogen and oxygen atoms in total. The normalized spacial score (nSPS) is 17.5. The van der Waals surface area contributed by atoms with Crippen molar-refractivity contribution in [3.63, 3.8) is 0 Å². The van der Waals surface area contributed by atoms with E-state index in [0.29, 0.717) is 6.42 Å². The number of benzene rings is 2. The van der Waals surface area contributed by atoms with Crippen LogP contribution >= 0.6 is 0 Å². The largest absolute Gasteiger partial charge is 0.401 e. The number of carbonyl (C=O) groups excluding carboxylic acids is 1. The van der Waals surface area contributed by atoms with E-state index in [1.54, 1.807) is 0 Å². The molecule has 0 bridgehead atoms. The molecule has 4 N–H and O–H groups in total. The molecule has 2 heterocycles. The van der Waals surface area contributed by atoms with E-state index < -0.39 is 0 Å². The molecule has 2 aromatic carbocycles. The molecule has 3 aromatic rings. The van der Waals surface area contributed by atoms with Crippen LogP contribution in [0.2, 0.25) is 0 Å². The lowest BCUT2D eigenvalue weighted by molar-refractivity contribution is -0.107. The molecule has 0 spiro atoms. The van der Waals surface area contributed by atoms with E-state index >= 15 is 0 Å². The molecule has 30 heavy (non-hydrogen) atoms. The van der Waals surface area contributed by atoms with E-state index in [9.17, 15) is 4.79 Å². The lowest BCUT2D eigenvalue weighted by atomic mass is 9.93. The number of anilines is 1. The van der Waals surface area contributed by atoms with Gasteiger partial charge in [-0.15, -0.1) is 0 Å². The Kier molecular flexibility index (Phi) is 5.57.